The number of carbonyl (C=O) groups is 1. The lowest BCUT2D eigenvalue weighted by Gasteiger charge is -2.48. The van der Waals surface area contributed by atoms with Crippen molar-refractivity contribution in [3.63, 3.8) is 0 Å². The third-order valence-electron chi connectivity index (χ3n) is 5.36. The van der Waals surface area contributed by atoms with Crippen LogP contribution >= 0.6 is 0 Å². The van der Waals surface area contributed by atoms with Crippen LogP contribution in [0.15, 0.2) is 43.0 Å². The molecule has 0 unspecified atom stereocenters. The molecule has 2 aromatic heterocycles. The van der Waals surface area contributed by atoms with Gasteiger partial charge in [0.05, 0.1) is 18.4 Å². The lowest BCUT2D eigenvalue weighted by molar-refractivity contribution is -0.138. The van der Waals surface area contributed by atoms with Gasteiger partial charge in [-0.05, 0) is 31.4 Å². The van der Waals surface area contributed by atoms with Crippen molar-refractivity contribution in [1.29, 1.82) is 0 Å². The Kier molecular flexibility index (Phi) is 4.34. The van der Waals surface area contributed by atoms with Crippen LogP contribution in [0.3, 0.4) is 0 Å². The highest BCUT2D eigenvalue weighted by Gasteiger charge is 2.42. The second-order valence-corrected chi connectivity index (χ2v) is 7.16. The molecule has 2 fully saturated rings. The first-order valence-electron chi connectivity index (χ1n) is 8.93. The average Bonchev–Trinajstić information content (AvgIpc) is 2.67. The summed E-state index contributed by atoms with van der Waals surface area (Å²) in [6.45, 7) is 3.36. The predicted octanol–water partition coefficient (Wildman–Crippen LogP) is 2.28. The van der Waals surface area contributed by atoms with Crippen LogP contribution < -0.4 is 4.90 Å². The van der Waals surface area contributed by atoms with Crippen LogP contribution in [0.5, 0.6) is 0 Å². The van der Waals surface area contributed by atoms with Crippen molar-refractivity contribution >= 4 is 11.7 Å². The normalized spacial score (nSPS) is 23.9. The van der Waals surface area contributed by atoms with Crippen LogP contribution in [-0.4, -0.2) is 45.4 Å². The molecule has 6 heteroatoms. The molecule has 0 radical (unpaired) electrons. The number of rotatable bonds is 3. The quantitative estimate of drug-likeness (QED) is 0.860. The summed E-state index contributed by atoms with van der Waals surface area (Å²) in [6, 6.07) is 5.87. The van der Waals surface area contributed by atoms with Gasteiger partial charge in [-0.2, -0.15) is 0 Å². The second-order valence-electron chi connectivity index (χ2n) is 7.16. The van der Waals surface area contributed by atoms with E-state index in [-0.39, 0.29) is 11.3 Å². The molecule has 0 saturated carbocycles. The second kappa shape index (κ2) is 6.78. The maximum absolute atomic E-state index is 12.4. The first-order chi connectivity index (χ1) is 12.2. The monoisotopic (exact) mass is 337 g/mol. The third kappa shape index (κ3) is 3.48. The molecule has 0 aliphatic carbocycles. The first-order valence-corrected chi connectivity index (χ1v) is 8.93. The molecule has 1 amide bonds. The molecule has 4 heterocycles. The number of piperidine rings is 2. The molecule has 2 aliphatic rings. The summed E-state index contributed by atoms with van der Waals surface area (Å²) in [5.74, 6) is 1.18. The van der Waals surface area contributed by atoms with Gasteiger partial charge in [-0.3, -0.25) is 14.8 Å². The van der Waals surface area contributed by atoms with Crippen molar-refractivity contribution in [3.8, 4) is 0 Å². The summed E-state index contributed by atoms with van der Waals surface area (Å²) in [4.78, 5) is 29.8. The van der Waals surface area contributed by atoms with Crippen LogP contribution in [0.25, 0.3) is 0 Å². The van der Waals surface area contributed by atoms with Gasteiger partial charge in [0, 0.05) is 50.1 Å². The summed E-state index contributed by atoms with van der Waals surface area (Å²) in [5.41, 5.74) is 1.10. The predicted molar refractivity (Wildman–Crippen MR) is 94.8 cm³/mol. The van der Waals surface area contributed by atoms with Crippen molar-refractivity contribution in [3.05, 3.63) is 48.7 Å². The van der Waals surface area contributed by atoms with E-state index < -0.39 is 0 Å². The Bertz CT molecular complexity index is 723. The van der Waals surface area contributed by atoms with E-state index in [1.165, 1.54) is 0 Å². The van der Waals surface area contributed by atoms with E-state index in [9.17, 15) is 4.79 Å². The Morgan fingerprint density at radius 2 is 2.04 bits per heavy atom. The maximum atomic E-state index is 12.4. The summed E-state index contributed by atoms with van der Waals surface area (Å²) >= 11 is 0. The van der Waals surface area contributed by atoms with Gasteiger partial charge in [0.25, 0.3) is 0 Å². The number of hydrogen-bond acceptors (Lipinski definition) is 5. The number of hydrogen-bond donors (Lipinski definition) is 0. The smallest absolute Gasteiger partial charge is 0.222 e. The molecule has 0 N–H and O–H groups in total. The standard InChI is InChI=1S/C19H23N5O/c25-18-5-7-19(15-24(18)13-16-4-1-2-8-21-16)6-3-11-23(14-19)17-12-20-9-10-22-17/h1-2,4,8-10,12H,3,5-7,11,13-15H2/t19-/m1/s1. The Morgan fingerprint density at radius 1 is 1.08 bits per heavy atom. The van der Waals surface area contributed by atoms with Crippen LogP contribution in [0.1, 0.15) is 31.4 Å². The fraction of sp³-hybridized carbons (Fsp3) is 0.474. The number of nitrogens with zero attached hydrogens (tertiary/aromatic N) is 5. The van der Waals surface area contributed by atoms with E-state index >= 15 is 0 Å². The zero-order valence-corrected chi connectivity index (χ0v) is 14.3. The fourth-order valence-electron chi connectivity index (χ4n) is 4.12. The minimum absolute atomic E-state index is 0.151. The van der Waals surface area contributed by atoms with E-state index in [0.717, 1.165) is 50.4 Å². The third-order valence-corrected chi connectivity index (χ3v) is 5.36. The highest BCUT2D eigenvalue weighted by atomic mass is 16.2. The lowest BCUT2D eigenvalue weighted by Crippen LogP contribution is -2.54. The molecular formula is C19H23N5O. The fourth-order valence-corrected chi connectivity index (χ4v) is 4.12. The highest BCUT2D eigenvalue weighted by Crippen LogP contribution is 2.40. The molecule has 25 heavy (non-hydrogen) atoms. The number of aromatic nitrogens is 3. The SMILES string of the molecule is O=C1CC[C@@]2(CCCN(c3cnccn3)C2)CN1Cc1ccccn1. The van der Waals surface area contributed by atoms with Crippen LogP contribution in [0.4, 0.5) is 5.82 Å². The molecule has 4 rings (SSSR count). The van der Waals surface area contributed by atoms with Gasteiger partial charge in [-0.1, -0.05) is 6.07 Å². The molecule has 1 spiro atoms. The Labute approximate surface area is 147 Å². The molecule has 2 aromatic rings. The van der Waals surface area contributed by atoms with E-state index in [4.69, 9.17) is 0 Å². The number of likely N-dealkylation sites (tertiary alicyclic amines) is 1. The first kappa shape index (κ1) is 16.0. The summed E-state index contributed by atoms with van der Waals surface area (Å²) in [5, 5.41) is 0. The molecule has 1 atom stereocenters. The van der Waals surface area contributed by atoms with Crippen molar-refractivity contribution in [2.24, 2.45) is 5.41 Å². The molecule has 0 bridgehead atoms. The summed E-state index contributed by atoms with van der Waals surface area (Å²) in [7, 11) is 0. The molecule has 0 aromatic carbocycles. The minimum atomic E-state index is 0.151. The van der Waals surface area contributed by atoms with Gasteiger partial charge in [0.15, 0.2) is 0 Å². The van der Waals surface area contributed by atoms with Crippen molar-refractivity contribution in [2.45, 2.75) is 32.2 Å². The van der Waals surface area contributed by atoms with Crippen molar-refractivity contribution in [1.82, 2.24) is 19.9 Å². The lowest BCUT2D eigenvalue weighted by atomic mass is 9.73. The Balaban J connectivity index is 1.50. The number of carbonyl (C=O) groups excluding carboxylic acids is 1. The zero-order valence-electron chi connectivity index (χ0n) is 14.3. The van der Waals surface area contributed by atoms with E-state index in [1.54, 1.807) is 18.6 Å². The van der Waals surface area contributed by atoms with E-state index in [0.29, 0.717) is 13.0 Å². The van der Waals surface area contributed by atoms with Gasteiger partial charge in [-0.25, -0.2) is 4.98 Å². The zero-order chi connectivity index (χ0) is 17.1. The average molecular weight is 337 g/mol. The summed E-state index contributed by atoms with van der Waals surface area (Å²) < 4.78 is 0. The van der Waals surface area contributed by atoms with Gasteiger partial charge >= 0.3 is 0 Å². The van der Waals surface area contributed by atoms with Gasteiger partial charge < -0.3 is 9.80 Å². The molecular weight excluding hydrogens is 314 g/mol. The van der Waals surface area contributed by atoms with Crippen molar-refractivity contribution < 1.29 is 4.79 Å². The molecule has 130 valence electrons. The molecule has 2 saturated heterocycles. The van der Waals surface area contributed by atoms with Gasteiger partial charge in [0.1, 0.15) is 5.82 Å². The number of amides is 1. The maximum Gasteiger partial charge on any atom is 0.222 e. The topological polar surface area (TPSA) is 62.2 Å². The Hall–Kier alpha value is -2.50. The van der Waals surface area contributed by atoms with Gasteiger partial charge in [-0.15, -0.1) is 0 Å². The molecule has 6 nitrogen and oxygen atoms in total. The summed E-state index contributed by atoms with van der Waals surface area (Å²) in [6.07, 6.45) is 10.9. The van der Waals surface area contributed by atoms with Crippen LogP contribution in [0.2, 0.25) is 0 Å². The number of anilines is 1. The highest BCUT2D eigenvalue weighted by molar-refractivity contribution is 5.77. The van der Waals surface area contributed by atoms with Crippen LogP contribution in [-0.2, 0) is 11.3 Å². The van der Waals surface area contributed by atoms with E-state index in [1.807, 2.05) is 29.3 Å². The van der Waals surface area contributed by atoms with Gasteiger partial charge in [0.2, 0.25) is 5.91 Å². The molecule has 2 aliphatic heterocycles. The Morgan fingerprint density at radius 3 is 2.84 bits per heavy atom. The minimum Gasteiger partial charge on any atom is -0.355 e. The largest absolute Gasteiger partial charge is 0.355 e. The number of pyridine rings is 1. The van der Waals surface area contributed by atoms with Crippen molar-refractivity contribution in [2.75, 3.05) is 24.5 Å². The van der Waals surface area contributed by atoms with E-state index in [2.05, 4.69) is 19.9 Å². The van der Waals surface area contributed by atoms with Crippen LogP contribution in [0, 0.1) is 5.41 Å².